The SMILES string of the molecule is CCc1cccc(C)c1NC(=O)CN1CCC(CN)C1.Cl. The van der Waals surface area contributed by atoms with E-state index in [0.29, 0.717) is 12.5 Å². The Balaban J connectivity index is 0.00000220. The number of rotatable bonds is 5. The van der Waals surface area contributed by atoms with Gasteiger partial charge >= 0.3 is 0 Å². The standard InChI is InChI=1S/C16H25N3O.ClH/c1-3-14-6-4-5-12(2)16(14)18-15(20)11-19-8-7-13(9-17)10-19;/h4-6,13H,3,7-11,17H2,1-2H3,(H,18,20);1H. The Morgan fingerprint density at radius 1 is 1.48 bits per heavy atom. The molecule has 1 atom stereocenters. The number of para-hydroxylation sites is 1. The average Bonchev–Trinajstić information content (AvgIpc) is 2.88. The molecule has 1 fully saturated rings. The molecular formula is C16H26ClN3O. The number of carbonyl (C=O) groups is 1. The summed E-state index contributed by atoms with van der Waals surface area (Å²) in [6.07, 6.45) is 2.03. The molecule has 4 nitrogen and oxygen atoms in total. The molecule has 2 rings (SSSR count). The third-order valence-electron chi connectivity index (χ3n) is 4.07. The lowest BCUT2D eigenvalue weighted by molar-refractivity contribution is -0.117. The Labute approximate surface area is 133 Å². The molecule has 1 heterocycles. The van der Waals surface area contributed by atoms with E-state index in [1.165, 1.54) is 5.56 Å². The first kappa shape index (κ1) is 18.0. The van der Waals surface area contributed by atoms with E-state index in [1.807, 2.05) is 19.1 Å². The van der Waals surface area contributed by atoms with Crippen LogP contribution in [0, 0.1) is 12.8 Å². The summed E-state index contributed by atoms with van der Waals surface area (Å²) in [5.74, 6) is 0.624. The quantitative estimate of drug-likeness (QED) is 0.876. The fourth-order valence-electron chi connectivity index (χ4n) is 2.83. The summed E-state index contributed by atoms with van der Waals surface area (Å²) >= 11 is 0. The molecule has 1 amide bonds. The maximum atomic E-state index is 12.2. The lowest BCUT2D eigenvalue weighted by Gasteiger charge is -2.17. The van der Waals surface area contributed by atoms with Crippen LogP contribution in [0.15, 0.2) is 18.2 Å². The lowest BCUT2D eigenvalue weighted by Crippen LogP contribution is -2.32. The van der Waals surface area contributed by atoms with Gasteiger partial charge in [0.25, 0.3) is 0 Å². The smallest absolute Gasteiger partial charge is 0.238 e. The molecule has 21 heavy (non-hydrogen) atoms. The fourth-order valence-corrected chi connectivity index (χ4v) is 2.83. The fraction of sp³-hybridized carbons (Fsp3) is 0.562. The number of likely N-dealkylation sites (tertiary alicyclic amines) is 1. The van der Waals surface area contributed by atoms with Gasteiger partial charge in [0.1, 0.15) is 0 Å². The van der Waals surface area contributed by atoms with E-state index >= 15 is 0 Å². The second-order valence-corrected chi connectivity index (χ2v) is 5.64. The summed E-state index contributed by atoms with van der Waals surface area (Å²) in [6, 6.07) is 6.15. The van der Waals surface area contributed by atoms with Crippen LogP contribution in [0.2, 0.25) is 0 Å². The maximum Gasteiger partial charge on any atom is 0.238 e. The van der Waals surface area contributed by atoms with Crippen LogP contribution >= 0.6 is 12.4 Å². The molecule has 1 saturated heterocycles. The number of nitrogens with one attached hydrogen (secondary N) is 1. The zero-order valence-electron chi connectivity index (χ0n) is 12.9. The lowest BCUT2D eigenvalue weighted by atomic mass is 10.1. The van der Waals surface area contributed by atoms with Gasteiger partial charge in [-0.05, 0) is 49.9 Å². The van der Waals surface area contributed by atoms with Gasteiger partial charge in [-0.25, -0.2) is 0 Å². The molecule has 1 aliphatic rings. The second kappa shape index (κ2) is 8.37. The Bertz CT molecular complexity index is 479. The molecular weight excluding hydrogens is 286 g/mol. The molecule has 0 aromatic heterocycles. The number of hydrogen-bond donors (Lipinski definition) is 2. The third kappa shape index (κ3) is 4.70. The van der Waals surface area contributed by atoms with Crippen LogP contribution < -0.4 is 11.1 Å². The Morgan fingerprint density at radius 3 is 2.86 bits per heavy atom. The normalized spacial score (nSPS) is 18.3. The van der Waals surface area contributed by atoms with Gasteiger partial charge in [0.2, 0.25) is 5.91 Å². The Hall–Kier alpha value is -1.10. The number of amides is 1. The number of anilines is 1. The highest BCUT2D eigenvalue weighted by molar-refractivity contribution is 5.93. The molecule has 118 valence electrons. The van der Waals surface area contributed by atoms with Crippen LogP contribution in [-0.2, 0) is 11.2 Å². The van der Waals surface area contributed by atoms with E-state index in [2.05, 4.69) is 23.2 Å². The molecule has 1 aliphatic heterocycles. The predicted octanol–water partition coefficient (Wildman–Crippen LogP) is 2.20. The number of aryl methyl sites for hydroxylation is 2. The molecule has 1 aromatic rings. The first-order chi connectivity index (χ1) is 9.63. The van der Waals surface area contributed by atoms with E-state index in [1.54, 1.807) is 0 Å². The van der Waals surface area contributed by atoms with Crippen molar-refractivity contribution >= 4 is 24.0 Å². The summed E-state index contributed by atoms with van der Waals surface area (Å²) in [7, 11) is 0. The molecule has 1 unspecified atom stereocenters. The van der Waals surface area contributed by atoms with E-state index in [9.17, 15) is 4.79 Å². The van der Waals surface area contributed by atoms with Crippen LogP contribution in [-0.4, -0.2) is 37.0 Å². The Kier molecular flexibility index (Phi) is 7.15. The summed E-state index contributed by atoms with van der Waals surface area (Å²) in [4.78, 5) is 14.4. The van der Waals surface area contributed by atoms with Crippen LogP contribution in [0.25, 0.3) is 0 Å². The Morgan fingerprint density at radius 2 is 2.24 bits per heavy atom. The van der Waals surface area contributed by atoms with Gasteiger partial charge in [-0.1, -0.05) is 25.1 Å². The van der Waals surface area contributed by atoms with Gasteiger partial charge < -0.3 is 11.1 Å². The highest BCUT2D eigenvalue weighted by Gasteiger charge is 2.23. The van der Waals surface area contributed by atoms with Crippen LogP contribution in [0.5, 0.6) is 0 Å². The van der Waals surface area contributed by atoms with E-state index < -0.39 is 0 Å². The molecule has 5 heteroatoms. The van der Waals surface area contributed by atoms with E-state index in [0.717, 1.165) is 43.7 Å². The van der Waals surface area contributed by atoms with Crippen LogP contribution in [0.3, 0.4) is 0 Å². The largest absolute Gasteiger partial charge is 0.330 e. The minimum Gasteiger partial charge on any atom is -0.330 e. The van der Waals surface area contributed by atoms with E-state index in [4.69, 9.17) is 5.73 Å². The number of carbonyl (C=O) groups excluding carboxylic acids is 1. The zero-order chi connectivity index (χ0) is 14.5. The van der Waals surface area contributed by atoms with Crippen molar-refractivity contribution < 1.29 is 4.79 Å². The zero-order valence-corrected chi connectivity index (χ0v) is 13.7. The molecule has 0 bridgehead atoms. The highest BCUT2D eigenvalue weighted by atomic mass is 35.5. The number of nitrogens with two attached hydrogens (primary N) is 1. The minimum absolute atomic E-state index is 0. The molecule has 1 aromatic carbocycles. The topological polar surface area (TPSA) is 58.4 Å². The molecule has 0 radical (unpaired) electrons. The monoisotopic (exact) mass is 311 g/mol. The molecule has 0 spiro atoms. The van der Waals surface area contributed by atoms with Crippen molar-refractivity contribution in [2.24, 2.45) is 11.7 Å². The third-order valence-corrected chi connectivity index (χ3v) is 4.07. The van der Waals surface area contributed by atoms with Crippen molar-refractivity contribution in [3.63, 3.8) is 0 Å². The summed E-state index contributed by atoms with van der Waals surface area (Å²) in [6.45, 7) is 7.25. The average molecular weight is 312 g/mol. The predicted molar refractivity (Wildman–Crippen MR) is 90.0 cm³/mol. The van der Waals surface area contributed by atoms with Gasteiger partial charge in [-0.3, -0.25) is 9.69 Å². The van der Waals surface area contributed by atoms with Crippen molar-refractivity contribution in [3.8, 4) is 0 Å². The van der Waals surface area contributed by atoms with E-state index in [-0.39, 0.29) is 18.3 Å². The van der Waals surface area contributed by atoms with Gasteiger partial charge in [0.05, 0.1) is 6.54 Å². The summed E-state index contributed by atoms with van der Waals surface area (Å²) < 4.78 is 0. The highest BCUT2D eigenvalue weighted by Crippen LogP contribution is 2.21. The van der Waals surface area contributed by atoms with Gasteiger partial charge in [0, 0.05) is 12.2 Å². The molecule has 0 saturated carbocycles. The second-order valence-electron chi connectivity index (χ2n) is 5.64. The van der Waals surface area contributed by atoms with Gasteiger partial charge in [0.15, 0.2) is 0 Å². The number of hydrogen-bond acceptors (Lipinski definition) is 3. The van der Waals surface area contributed by atoms with Crippen molar-refractivity contribution in [2.75, 3.05) is 31.5 Å². The molecule has 3 N–H and O–H groups in total. The minimum atomic E-state index is 0. The number of benzene rings is 1. The van der Waals surface area contributed by atoms with Gasteiger partial charge in [-0.15, -0.1) is 12.4 Å². The van der Waals surface area contributed by atoms with Crippen molar-refractivity contribution in [1.82, 2.24) is 4.90 Å². The first-order valence-corrected chi connectivity index (χ1v) is 7.44. The van der Waals surface area contributed by atoms with Crippen LogP contribution in [0.1, 0.15) is 24.5 Å². The molecule has 0 aliphatic carbocycles. The first-order valence-electron chi connectivity index (χ1n) is 7.44. The summed E-state index contributed by atoms with van der Waals surface area (Å²) in [5, 5.41) is 3.08. The number of halogens is 1. The number of nitrogens with zero attached hydrogens (tertiary/aromatic N) is 1. The maximum absolute atomic E-state index is 12.2. The van der Waals surface area contributed by atoms with Crippen LogP contribution in [0.4, 0.5) is 5.69 Å². The van der Waals surface area contributed by atoms with Crippen molar-refractivity contribution in [3.05, 3.63) is 29.3 Å². The summed E-state index contributed by atoms with van der Waals surface area (Å²) in [5.41, 5.74) is 8.98. The van der Waals surface area contributed by atoms with Gasteiger partial charge in [-0.2, -0.15) is 0 Å². The van der Waals surface area contributed by atoms with Crippen molar-refractivity contribution in [2.45, 2.75) is 26.7 Å². The van der Waals surface area contributed by atoms with Crippen molar-refractivity contribution in [1.29, 1.82) is 0 Å².